The number of phenolic OH excluding ortho intramolecular Hbond substituents is 1. The number of hydrogen-bond donors (Lipinski definition) is 1. The van der Waals surface area contributed by atoms with Crippen molar-refractivity contribution in [1.82, 2.24) is 4.98 Å². The minimum absolute atomic E-state index is 0.214. The third-order valence-corrected chi connectivity index (χ3v) is 15.9. The van der Waals surface area contributed by atoms with Crippen LogP contribution in [0.5, 0.6) is 5.75 Å². The van der Waals surface area contributed by atoms with Crippen molar-refractivity contribution < 1.29 is 23.0 Å². The molecule has 0 radical (unpaired) electrons. The fourth-order valence-electron chi connectivity index (χ4n) is 9.51. The first-order chi connectivity index (χ1) is 22.8. The van der Waals surface area contributed by atoms with Crippen molar-refractivity contribution in [2.75, 3.05) is 0 Å². The Bertz CT molecular complexity index is 1590. The molecule has 3 aromatic rings. The third-order valence-electron chi connectivity index (χ3n) is 11.2. The summed E-state index contributed by atoms with van der Waals surface area (Å²) in [7, 11) is 0. The van der Waals surface area contributed by atoms with Crippen LogP contribution in [0.15, 0.2) is 36.7 Å². The molecule has 1 N–H and O–H groups in total. The zero-order valence-electron chi connectivity index (χ0n) is 30.0. The molecule has 0 spiro atoms. The fourth-order valence-corrected chi connectivity index (χ4v) is 12.5. The Morgan fingerprint density at radius 3 is 1.73 bits per heavy atom. The number of fused-ring (bicyclic) bond motifs is 2. The smallest absolute Gasteiger partial charge is 0.137 e. The predicted octanol–water partition coefficient (Wildman–Crippen LogP) is 12.0. The quantitative estimate of drug-likeness (QED) is 0.261. The molecule has 1 aromatic heterocycles. The number of rotatable bonds is 2. The summed E-state index contributed by atoms with van der Waals surface area (Å²) in [4.78, 5) is 4.11. The van der Waals surface area contributed by atoms with Gasteiger partial charge in [0.05, 0.1) is 4.47 Å². The number of aromatic hydroxyl groups is 1. The van der Waals surface area contributed by atoms with Crippen molar-refractivity contribution >= 4 is 36.3 Å². The molecule has 3 nitrogen and oxygen atoms in total. The van der Waals surface area contributed by atoms with Crippen molar-refractivity contribution in [3.05, 3.63) is 72.4 Å². The third kappa shape index (κ3) is 8.47. The van der Waals surface area contributed by atoms with E-state index in [2.05, 4.69) is 81.1 Å². The summed E-state index contributed by atoms with van der Waals surface area (Å²) in [6.07, 6.45) is 18.4. The van der Waals surface area contributed by atoms with Gasteiger partial charge in [-0.3, -0.25) is 0 Å². The molecule has 1 heterocycles. The zero-order valence-corrected chi connectivity index (χ0v) is 35.2. The molecule has 9 rings (SSSR count). The van der Waals surface area contributed by atoms with Gasteiger partial charge in [0.2, 0.25) is 0 Å². The number of halogens is 2. The number of aryl methyl sites for hydroxylation is 4. The number of hydrogen-bond acceptors (Lipinski definition) is 2. The van der Waals surface area contributed by atoms with E-state index in [1.54, 1.807) is 0 Å². The molecule has 0 atom stereocenters. The van der Waals surface area contributed by atoms with E-state index in [4.69, 9.17) is 3.50 Å². The second-order valence-corrected chi connectivity index (χ2v) is 19.9. The standard InChI is InChI=1S/C21H22Br2O.C10H15N.C6H8N.C5H10.Mo/c1-12-17(22)10-13-6-2-4-8-15(13)19(12)20-16-9-5-3-7-14(16)11-18(23)21(20)24;11-10-4-7-1-8(5-10)3-9(2-7)6-10;1-5-3-4-6(2)7-5;1-5(2,3)4;/h10-11,24H,2-9H2,1H3;7-9H,1-6H2;3-4H,1-2H3;1H,2-4H3;/q;;-1;;. The molecule has 6 aliphatic rings. The van der Waals surface area contributed by atoms with Crippen LogP contribution in [0.25, 0.3) is 11.1 Å². The molecule has 0 amide bonds. The van der Waals surface area contributed by atoms with E-state index < -0.39 is 0 Å². The first-order valence-corrected chi connectivity index (χ1v) is 22.1. The average molecular weight is 860 g/mol. The second-order valence-electron chi connectivity index (χ2n) is 16.7. The summed E-state index contributed by atoms with van der Waals surface area (Å²) in [5, 5.41) is 11.0. The van der Waals surface area contributed by atoms with Gasteiger partial charge in [0.15, 0.2) is 0 Å². The summed E-state index contributed by atoms with van der Waals surface area (Å²) in [6.45, 7) is 13.1. The van der Waals surface area contributed by atoms with Gasteiger partial charge in [-0.15, -0.1) is 0 Å². The molecule has 6 aliphatic carbocycles. The molecule has 2 aromatic carbocycles. The van der Waals surface area contributed by atoms with E-state index in [0.29, 0.717) is 16.7 Å². The maximum absolute atomic E-state index is 11.0. The molecule has 260 valence electrons. The van der Waals surface area contributed by atoms with Gasteiger partial charge in [0.25, 0.3) is 0 Å². The van der Waals surface area contributed by atoms with Gasteiger partial charge >= 0.3 is 114 Å². The molecule has 6 heteroatoms. The number of benzene rings is 2. The van der Waals surface area contributed by atoms with E-state index in [-0.39, 0.29) is 17.9 Å². The van der Waals surface area contributed by atoms with Gasteiger partial charge in [-0.1, -0.05) is 41.9 Å². The van der Waals surface area contributed by atoms with Crippen LogP contribution in [0.4, 0.5) is 0 Å². The van der Waals surface area contributed by atoms with Crippen molar-refractivity contribution in [3.63, 3.8) is 0 Å². The van der Waals surface area contributed by atoms with Gasteiger partial charge in [0, 0.05) is 10.0 Å². The van der Waals surface area contributed by atoms with Crippen LogP contribution in [0.3, 0.4) is 0 Å². The summed E-state index contributed by atoms with van der Waals surface area (Å²) < 4.78 is 9.80. The number of nitrogens with zero attached hydrogens (tertiary/aromatic N) is 2. The van der Waals surface area contributed by atoms with E-state index in [9.17, 15) is 5.11 Å². The first-order valence-electron chi connectivity index (χ1n) is 18.4. The van der Waals surface area contributed by atoms with Gasteiger partial charge in [-0.25, -0.2) is 0 Å². The van der Waals surface area contributed by atoms with Crippen molar-refractivity contribution in [2.24, 2.45) is 26.7 Å². The fraction of sp³-hybridized carbons (Fsp3) is 0.595. The number of phenols is 1. The number of aromatic nitrogens is 1. The van der Waals surface area contributed by atoms with Crippen LogP contribution >= 0.6 is 31.9 Å². The predicted molar refractivity (Wildman–Crippen MR) is 205 cm³/mol. The topological polar surface area (TPSA) is 46.7 Å². The Morgan fingerprint density at radius 2 is 1.25 bits per heavy atom. The summed E-state index contributed by atoms with van der Waals surface area (Å²) in [5.74, 6) is 3.57. The largest absolute Gasteiger partial charge is 0.665 e. The first kappa shape index (κ1) is 36.6. The molecule has 0 unspecified atom stereocenters. The van der Waals surface area contributed by atoms with Gasteiger partial charge in [-0.2, -0.15) is 11.4 Å². The van der Waals surface area contributed by atoms with Crippen LogP contribution in [0, 0.1) is 43.9 Å². The Hall–Kier alpha value is -1.16. The minimum atomic E-state index is -0.214. The monoisotopic (exact) mass is 859 g/mol. The van der Waals surface area contributed by atoms with Crippen LogP contribution in [-0.2, 0) is 43.6 Å². The van der Waals surface area contributed by atoms with Gasteiger partial charge < -0.3 is 10.1 Å². The Morgan fingerprint density at radius 1 is 0.771 bits per heavy atom. The van der Waals surface area contributed by atoms with Gasteiger partial charge in [0.1, 0.15) is 5.75 Å². The molecule has 0 saturated heterocycles. The molecular formula is C42H55Br2MoN2O-. The Labute approximate surface area is 315 Å². The molecule has 0 aliphatic heterocycles. The molecule has 4 fully saturated rings. The summed E-state index contributed by atoms with van der Waals surface area (Å²) >= 11 is 7.15. The van der Waals surface area contributed by atoms with Crippen LogP contribution < -0.4 is 4.98 Å². The van der Waals surface area contributed by atoms with Crippen molar-refractivity contribution in [2.45, 2.75) is 137 Å². The Kier molecular flexibility index (Phi) is 11.6. The summed E-state index contributed by atoms with van der Waals surface area (Å²) in [5.41, 5.74) is 12.4. The van der Waals surface area contributed by atoms with Crippen molar-refractivity contribution in [1.29, 1.82) is 0 Å². The van der Waals surface area contributed by atoms with Crippen LogP contribution in [-0.4, -0.2) is 15.0 Å². The van der Waals surface area contributed by atoms with E-state index in [1.807, 2.05) is 26.0 Å². The zero-order chi connectivity index (χ0) is 34.2. The maximum atomic E-state index is 11.0. The molecule has 4 saturated carbocycles. The average Bonchev–Trinajstić information content (AvgIpc) is 3.40. The van der Waals surface area contributed by atoms with Crippen LogP contribution in [0.1, 0.15) is 124 Å². The maximum Gasteiger partial charge on any atom is 0.137 e. The molecular weight excluding hydrogens is 804 g/mol. The summed E-state index contributed by atoms with van der Waals surface area (Å²) in [6, 6.07) is 8.45. The normalized spacial score (nSPS) is 25.1. The van der Waals surface area contributed by atoms with E-state index in [1.165, 1.54) is 102 Å². The van der Waals surface area contributed by atoms with E-state index >= 15 is 0 Å². The SMILES string of the molecule is CC(C)(C)[CH]=[Mo]=[N]C12CC3CC(CC(C3)C1)C2.Cc1c(Br)cc2c(c1-c1c(O)c(Br)cc3c1CCCC3)CCCC2.Cc1ccc(C)[n-]1. The second kappa shape index (κ2) is 15.2. The van der Waals surface area contributed by atoms with E-state index in [0.717, 1.165) is 64.9 Å². The minimum Gasteiger partial charge on any atom is -0.665 e. The molecule has 4 bridgehead atoms. The van der Waals surface area contributed by atoms with Crippen molar-refractivity contribution in [3.8, 4) is 16.9 Å². The Balaban J connectivity index is 0.000000145. The molecule has 48 heavy (non-hydrogen) atoms. The van der Waals surface area contributed by atoms with Crippen LogP contribution in [0.2, 0.25) is 0 Å². The van der Waals surface area contributed by atoms with Gasteiger partial charge in [-0.05, 0) is 120 Å².